The van der Waals surface area contributed by atoms with Crippen LogP contribution in [0.25, 0.3) is 11.1 Å². The van der Waals surface area contributed by atoms with Gasteiger partial charge in [0.2, 0.25) is 6.79 Å². The second-order valence-electron chi connectivity index (χ2n) is 4.64. The molecule has 0 aliphatic carbocycles. The molecule has 2 heterocycles. The predicted octanol–water partition coefficient (Wildman–Crippen LogP) is 1.65. The summed E-state index contributed by atoms with van der Waals surface area (Å²) in [5, 5.41) is 4.11. The van der Waals surface area contributed by atoms with Gasteiger partial charge in [0.05, 0.1) is 12.8 Å². The van der Waals surface area contributed by atoms with Crippen molar-refractivity contribution in [1.29, 1.82) is 0 Å². The van der Waals surface area contributed by atoms with Crippen LogP contribution < -0.4 is 9.47 Å². The molecule has 0 radical (unpaired) electrons. The summed E-state index contributed by atoms with van der Waals surface area (Å²) in [7, 11) is 0. The standard InChI is InChI=1S/C15H14N2O5/c1-2-20-15(19)7-17-6-11(5-16-17)12-4-14-13(21-9-22-14)3-10(12)8-18/h3-6,8H,2,7,9H2,1H3. The number of nitrogens with zero attached hydrogens (tertiary/aromatic N) is 2. The molecule has 22 heavy (non-hydrogen) atoms. The number of esters is 1. The Morgan fingerprint density at radius 2 is 2.18 bits per heavy atom. The Morgan fingerprint density at radius 1 is 1.41 bits per heavy atom. The highest BCUT2D eigenvalue weighted by Crippen LogP contribution is 2.38. The highest BCUT2D eigenvalue weighted by Gasteiger charge is 2.19. The Hall–Kier alpha value is -2.83. The molecule has 7 nitrogen and oxygen atoms in total. The average molecular weight is 302 g/mol. The summed E-state index contributed by atoms with van der Waals surface area (Å²) in [5.41, 5.74) is 1.86. The summed E-state index contributed by atoms with van der Waals surface area (Å²) >= 11 is 0. The molecule has 0 fully saturated rings. The van der Waals surface area contributed by atoms with Gasteiger partial charge in [-0.1, -0.05) is 0 Å². The van der Waals surface area contributed by atoms with Crippen molar-refractivity contribution in [1.82, 2.24) is 9.78 Å². The van der Waals surface area contributed by atoms with Crippen LogP contribution in [-0.2, 0) is 16.1 Å². The molecule has 1 aromatic carbocycles. The molecular weight excluding hydrogens is 288 g/mol. The lowest BCUT2D eigenvalue weighted by Crippen LogP contribution is -2.13. The normalized spacial score (nSPS) is 12.2. The quantitative estimate of drug-likeness (QED) is 0.617. The Balaban J connectivity index is 1.90. The molecule has 1 aliphatic heterocycles. The molecule has 0 amide bonds. The lowest BCUT2D eigenvalue weighted by molar-refractivity contribution is -0.144. The molecular formula is C15H14N2O5. The third kappa shape index (κ3) is 2.65. The summed E-state index contributed by atoms with van der Waals surface area (Å²) in [6.07, 6.45) is 4.02. The molecule has 1 aliphatic rings. The zero-order chi connectivity index (χ0) is 15.5. The van der Waals surface area contributed by atoms with Crippen molar-refractivity contribution in [2.75, 3.05) is 13.4 Å². The van der Waals surface area contributed by atoms with E-state index < -0.39 is 0 Å². The number of ether oxygens (including phenoxy) is 3. The molecule has 0 saturated heterocycles. The summed E-state index contributed by atoms with van der Waals surface area (Å²) in [6, 6.07) is 3.37. The number of hydrogen-bond acceptors (Lipinski definition) is 6. The van der Waals surface area contributed by atoms with Crippen LogP contribution in [0.1, 0.15) is 17.3 Å². The number of rotatable bonds is 5. The van der Waals surface area contributed by atoms with Gasteiger partial charge >= 0.3 is 5.97 Å². The number of aldehydes is 1. The second kappa shape index (κ2) is 5.88. The highest BCUT2D eigenvalue weighted by atomic mass is 16.7. The Morgan fingerprint density at radius 3 is 2.91 bits per heavy atom. The minimum Gasteiger partial charge on any atom is -0.465 e. The summed E-state index contributed by atoms with van der Waals surface area (Å²) in [4.78, 5) is 22.7. The molecule has 3 rings (SSSR count). The third-order valence-corrected chi connectivity index (χ3v) is 3.21. The first kappa shape index (κ1) is 14.1. The van der Waals surface area contributed by atoms with E-state index in [-0.39, 0.29) is 19.3 Å². The first-order chi connectivity index (χ1) is 10.7. The fourth-order valence-electron chi connectivity index (χ4n) is 2.23. The SMILES string of the molecule is CCOC(=O)Cn1cc(-c2cc3c(cc2C=O)OCO3)cn1. The fraction of sp³-hybridized carbons (Fsp3) is 0.267. The van der Waals surface area contributed by atoms with Gasteiger partial charge in [-0.3, -0.25) is 14.3 Å². The maximum atomic E-state index is 11.5. The first-order valence-corrected chi connectivity index (χ1v) is 6.78. The number of carbonyl (C=O) groups excluding carboxylic acids is 2. The average Bonchev–Trinajstić information content (AvgIpc) is 3.14. The maximum absolute atomic E-state index is 11.5. The van der Waals surface area contributed by atoms with Gasteiger partial charge in [-0.25, -0.2) is 0 Å². The van der Waals surface area contributed by atoms with Crippen LogP contribution in [0.5, 0.6) is 11.5 Å². The molecule has 0 atom stereocenters. The zero-order valence-corrected chi connectivity index (χ0v) is 11.9. The number of benzene rings is 1. The van der Waals surface area contributed by atoms with Crippen molar-refractivity contribution in [3.8, 4) is 22.6 Å². The van der Waals surface area contributed by atoms with Crippen molar-refractivity contribution in [2.24, 2.45) is 0 Å². The van der Waals surface area contributed by atoms with Crippen LogP contribution in [-0.4, -0.2) is 35.4 Å². The second-order valence-corrected chi connectivity index (χ2v) is 4.64. The van der Waals surface area contributed by atoms with E-state index in [9.17, 15) is 9.59 Å². The number of carbonyl (C=O) groups is 2. The molecule has 0 saturated carbocycles. The van der Waals surface area contributed by atoms with Gasteiger partial charge in [-0.15, -0.1) is 0 Å². The predicted molar refractivity (Wildman–Crippen MR) is 75.8 cm³/mol. The van der Waals surface area contributed by atoms with E-state index in [0.29, 0.717) is 34.8 Å². The lowest BCUT2D eigenvalue weighted by atomic mass is 10.0. The van der Waals surface area contributed by atoms with Crippen LogP contribution in [0.15, 0.2) is 24.5 Å². The van der Waals surface area contributed by atoms with E-state index in [2.05, 4.69) is 5.10 Å². The Bertz CT molecular complexity index is 723. The van der Waals surface area contributed by atoms with Crippen molar-refractivity contribution >= 4 is 12.3 Å². The van der Waals surface area contributed by atoms with Crippen LogP contribution in [0.4, 0.5) is 0 Å². The highest BCUT2D eigenvalue weighted by molar-refractivity contribution is 5.89. The van der Waals surface area contributed by atoms with Crippen molar-refractivity contribution in [2.45, 2.75) is 13.5 Å². The van der Waals surface area contributed by atoms with Crippen LogP contribution in [0, 0.1) is 0 Å². The van der Waals surface area contributed by atoms with Gasteiger partial charge in [0.15, 0.2) is 17.8 Å². The first-order valence-electron chi connectivity index (χ1n) is 6.78. The van der Waals surface area contributed by atoms with Gasteiger partial charge in [0.1, 0.15) is 6.54 Å². The summed E-state index contributed by atoms with van der Waals surface area (Å²) in [6.45, 7) is 2.23. The van der Waals surface area contributed by atoms with Crippen LogP contribution in [0.3, 0.4) is 0 Å². The molecule has 7 heteroatoms. The van der Waals surface area contributed by atoms with E-state index in [1.54, 1.807) is 31.5 Å². The van der Waals surface area contributed by atoms with E-state index in [1.807, 2.05) is 0 Å². The van der Waals surface area contributed by atoms with Crippen molar-refractivity contribution in [3.63, 3.8) is 0 Å². The van der Waals surface area contributed by atoms with E-state index in [4.69, 9.17) is 14.2 Å². The van der Waals surface area contributed by atoms with Gasteiger partial charge in [0, 0.05) is 17.3 Å². The van der Waals surface area contributed by atoms with Gasteiger partial charge in [0.25, 0.3) is 0 Å². The maximum Gasteiger partial charge on any atom is 0.327 e. The number of fused-ring (bicyclic) bond motifs is 1. The van der Waals surface area contributed by atoms with Crippen molar-refractivity contribution in [3.05, 3.63) is 30.1 Å². The molecule has 114 valence electrons. The molecule has 0 unspecified atom stereocenters. The van der Waals surface area contributed by atoms with Crippen LogP contribution >= 0.6 is 0 Å². The van der Waals surface area contributed by atoms with Gasteiger partial charge in [-0.2, -0.15) is 5.10 Å². The van der Waals surface area contributed by atoms with Gasteiger partial charge < -0.3 is 14.2 Å². The molecule has 1 aromatic heterocycles. The fourth-order valence-corrected chi connectivity index (χ4v) is 2.23. The zero-order valence-electron chi connectivity index (χ0n) is 11.9. The monoisotopic (exact) mass is 302 g/mol. The molecule has 0 bridgehead atoms. The minimum atomic E-state index is -0.363. The Kier molecular flexibility index (Phi) is 3.78. The van der Waals surface area contributed by atoms with Gasteiger partial charge in [-0.05, 0) is 24.6 Å². The third-order valence-electron chi connectivity index (χ3n) is 3.21. The van der Waals surface area contributed by atoms with E-state index >= 15 is 0 Å². The lowest BCUT2D eigenvalue weighted by Gasteiger charge is -2.04. The summed E-state index contributed by atoms with van der Waals surface area (Å²) < 4.78 is 16.9. The minimum absolute atomic E-state index is 0.0226. The topological polar surface area (TPSA) is 79.7 Å². The smallest absolute Gasteiger partial charge is 0.327 e. The Labute approximate surface area is 126 Å². The van der Waals surface area contributed by atoms with Crippen LogP contribution in [0.2, 0.25) is 0 Å². The van der Waals surface area contributed by atoms with E-state index in [1.165, 1.54) is 4.68 Å². The summed E-state index contributed by atoms with van der Waals surface area (Å²) in [5.74, 6) is 0.766. The van der Waals surface area contributed by atoms with E-state index in [0.717, 1.165) is 6.29 Å². The molecule has 0 N–H and O–H groups in total. The number of aromatic nitrogens is 2. The van der Waals surface area contributed by atoms with Crippen molar-refractivity contribution < 1.29 is 23.8 Å². The molecule has 2 aromatic rings. The largest absolute Gasteiger partial charge is 0.465 e. The number of hydrogen-bond donors (Lipinski definition) is 0. The molecule has 0 spiro atoms.